The number of furan rings is 1. The van der Waals surface area contributed by atoms with Gasteiger partial charge in [-0.25, -0.2) is 15.2 Å². The number of rotatable bonds is 16. The summed E-state index contributed by atoms with van der Waals surface area (Å²) in [6.45, 7) is 11.2. The maximum absolute atomic E-state index is 15.3. The molecule has 0 aliphatic rings. The van der Waals surface area contributed by atoms with Gasteiger partial charge in [-0.15, -0.1) is 11.3 Å². The van der Waals surface area contributed by atoms with Crippen molar-refractivity contribution in [1.82, 2.24) is 15.2 Å². The van der Waals surface area contributed by atoms with Crippen LogP contribution < -0.4 is 21.4 Å². The quantitative estimate of drug-likeness (QED) is 0.0910. The molecular weight excluding hydrogens is 635 g/mol. The second-order valence-electron chi connectivity index (χ2n) is 12.4. The van der Waals surface area contributed by atoms with Gasteiger partial charge in [0.25, 0.3) is 7.44 Å². The molecule has 4 aromatic rings. The van der Waals surface area contributed by atoms with Gasteiger partial charge < -0.3 is 19.6 Å². The number of nitrogens with two attached hydrogens (primary N) is 1. The zero-order valence-electron chi connectivity index (χ0n) is 27.8. The number of nitrogen functional groups attached to an aromatic ring is 1. The second-order valence-corrected chi connectivity index (χ2v) is 15.7. The van der Waals surface area contributed by atoms with Crippen LogP contribution in [0.1, 0.15) is 57.5 Å². The van der Waals surface area contributed by atoms with Gasteiger partial charge in [-0.2, -0.15) is 0 Å². The van der Waals surface area contributed by atoms with Crippen LogP contribution in [0.15, 0.2) is 77.2 Å². The average molecular weight is 681 g/mol. The fraction of sp³-hybridized carbons (Fsp3) is 0.400. The number of nitrogens with one attached hydrogen (secondary N) is 2. The molecule has 10 nitrogen and oxygen atoms in total. The van der Waals surface area contributed by atoms with Crippen LogP contribution in [0.5, 0.6) is 0 Å². The Morgan fingerprint density at radius 2 is 1.28 bits per heavy atom. The molecule has 3 atom stereocenters. The van der Waals surface area contributed by atoms with Gasteiger partial charge in [0.1, 0.15) is 17.8 Å². The van der Waals surface area contributed by atoms with E-state index in [1.54, 1.807) is 39.8 Å². The molecule has 0 saturated carbocycles. The van der Waals surface area contributed by atoms with E-state index in [-0.39, 0.29) is 18.3 Å². The number of nitrogens with zero attached hydrogens (tertiary/aromatic N) is 1. The Morgan fingerprint density at radius 3 is 1.72 bits per heavy atom. The lowest BCUT2D eigenvalue weighted by atomic mass is 10.1. The van der Waals surface area contributed by atoms with Crippen molar-refractivity contribution in [2.75, 3.05) is 5.73 Å². The van der Waals surface area contributed by atoms with E-state index in [4.69, 9.17) is 19.6 Å². The summed E-state index contributed by atoms with van der Waals surface area (Å²) in [7, 11) is -4.11. The van der Waals surface area contributed by atoms with Crippen LogP contribution in [0.3, 0.4) is 0 Å². The molecule has 0 fully saturated rings. The van der Waals surface area contributed by atoms with Crippen LogP contribution in [-0.4, -0.2) is 41.2 Å². The predicted octanol–water partition coefficient (Wildman–Crippen LogP) is 6.31. The van der Waals surface area contributed by atoms with Crippen molar-refractivity contribution in [2.45, 2.75) is 85.1 Å². The van der Waals surface area contributed by atoms with E-state index in [1.165, 1.54) is 11.3 Å². The van der Waals surface area contributed by atoms with Gasteiger partial charge in [-0.05, 0) is 76.1 Å². The van der Waals surface area contributed by atoms with Crippen LogP contribution in [0.25, 0.3) is 11.5 Å². The number of aromatic nitrogens is 1. The lowest BCUT2D eigenvalue weighted by Gasteiger charge is -2.28. The minimum Gasteiger partial charge on any atom is -0.462 e. The summed E-state index contributed by atoms with van der Waals surface area (Å²) in [5.41, 5.74) is 8.33. The Kier molecular flexibility index (Phi) is 12.6. The predicted molar refractivity (Wildman–Crippen MR) is 187 cm³/mol. The number of ether oxygens (including phenoxy) is 2. The number of esters is 2. The molecule has 0 aliphatic heterocycles. The molecule has 252 valence electrons. The molecule has 4 N–H and O–H groups in total. The van der Waals surface area contributed by atoms with Crippen molar-refractivity contribution in [1.29, 1.82) is 0 Å². The van der Waals surface area contributed by atoms with Gasteiger partial charge in [0, 0.05) is 4.88 Å². The van der Waals surface area contributed by atoms with E-state index in [0.717, 1.165) is 22.4 Å². The molecular formula is C35H45N4O6PS. The Bertz CT molecular complexity index is 1580. The molecule has 0 amide bonds. The monoisotopic (exact) mass is 680 g/mol. The highest BCUT2D eigenvalue weighted by Crippen LogP contribution is 2.41. The molecule has 47 heavy (non-hydrogen) atoms. The van der Waals surface area contributed by atoms with E-state index in [0.29, 0.717) is 22.5 Å². The van der Waals surface area contributed by atoms with E-state index >= 15 is 4.57 Å². The number of thiazole rings is 1. The molecule has 12 heteroatoms. The second kappa shape index (κ2) is 16.4. The first-order valence-corrected chi connectivity index (χ1v) is 18.4. The van der Waals surface area contributed by atoms with Gasteiger partial charge >= 0.3 is 11.9 Å². The Balaban J connectivity index is 1.80. The van der Waals surface area contributed by atoms with Crippen molar-refractivity contribution in [3.05, 3.63) is 88.8 Å². The zero-order chi connectivity index (χ0) is 34.1. The van der Waals surface area contributed by atoms with Crippen LogP contribution in [0, 0.1) is 5.92 Å². The standard InChI is InChI=1S/C35H45N4O6PS/c1-22(2)19-30-32(37-35(36)47-30)29-17-18-31(45-29)46(42,38-27(33(40)43-23(3)4)20-25-13-9-7-10-14-25)39-28(34(41)44-24(5)6)21-26-15-11-8-12-16-26/h7-18,22-24,27-28H,19-21H2,1-6H3,(H2,36,37)(H2,38,39,42)/t27-,28?,46?/m0/s1. The van der Waals surface area contributed by atoms with Gasteiger partial charge in [0.15, 0.2) is 16.4 Å². The third-order valence-corrected chi connectivity index (χ3v) is 10.1. The maximum Gasteiger partial charge on any atom is 0.324 e. The summed E-state index contributed by atoms with van der Waals surface area (Å²) >= 11 is 1.38. The highest BCUT2D eigenvalue weighted by molar-refractivity contribution is 7.67. The highest BCUT2D eigenvalue weighted by atomic mass is 32.1. The molecule has 2 aromatic carbocycles. The molecule has 0 aliphatic carbocycles. The minimum atomic E-state index is -4.11. The Morgan fingerprint density at radius 1 is 0.787 bits per heavy atom. The molecule has 0 radical (unpaired) electrons. The van der Waals surface area contributed by atoms with Crippen molar-refractivity contribution in [2.24, 2.45) is 5.92 Å². The number of hydrogen-bond donors (Lipinski definition) is 3. The van der Waals surface area contributed by atoms with Gasteiger partial charge in [-0.3, -0.25) is 14.2 Å². The van der Waals surface area contributed by atoms with E-state index in [1.807, 2.05) is 60.7 Å². The lowest BCUT2D eigenvalue weighted by molar-refractivity contribution is -0.150. The largest absolute Gasteiger partial charge is 0.462 e. The average Bonchev–Trinajstić information content (AvgIpc) is 3.63. The number of benzene rings is 2. The fourth-order valence-electron chi connectivity index (χ4n) is 4.99. The third kappa shape index (κ3) is 10.4. The highest BCUT2D eigenvalue weighted by Gasteiger charge is 2.39. The van der Waals surface area contributed by atoms with Crippen molar-refractivity contribution >= 4 is 41.4 Å². The summed E-state index contributed by atoms with van der Waals surface area (Å²) in [5.74, 6) is -0.461. The van der Waals surface area contributed by atoms with Crippen molar-refractivity contribution in [3.63, 3.8) is 0 Å². The molecule has 2 aromatic heterocycles. The Labute approximate surface area is 280 Å². The van der Waals surface area contributed by atoms with Crippen LogP contribution in [-0.2, 0) is 42.9 Å². The normalized spacial score (nSPS) is 14.2. The van der Waals surface area contributed by atoms with Crippen molar-refractivity contribution < 1.29 is 28.0 Å². The Hall–Kier alpha value is -3.76. The minimum absolute atomic E-state index is 0.0142. The molecule has 2 heterocycles. The number of carbonyl (C=O) groups excluding carboxylic acids is 2. The number of carbonyl (C=O) groups is 2. The first kappa shape index (κ1) is 36.1. The van der Waals surface area contributed by atoms with Gasteiger partial charge in [-0.1, -0.05) is 74.5 Å². The summed E-state index contributed by atoms with van der Waals surface area (Å²) in [6.07, 6.45) is 0.256. The zero-order valence-corrected chi connectivity index (χ0v) is 29.5. The smallest absolute Gasteiger partial charge is 0.324 e. The first-order valence-electron chi connectivity index (χ1n) is 15.8. The summed E-state index contributed by atoms with van der Waals surface area (Å²) in [6, 6.07) is 19.9. The number of hydrogen-bond acceptors (Lipinski definition) is 9. The van der Waals surface area contributed by atoms with Crippen LogP contribution in [0.2, 0.25) is 0 Å². The topological polar surface area (TPSA) is 146 Å². The molecule has 0 saturated heterocycles. The van der Waals surface area contributed by atoms with Gasteiger partial charge in [0.2, 0.25) is 0 Å². The van der Waals surface area contributed by atoms with Crippen molar-refractivity contribution in [3.8, 4) is 11.5 Å². The summed E-state index contributed by atoms with van der Waals surface area (Å²) in [5, 5.41) is 6.53. The molecule has 0 spiro atoms. The molecule has 4 rings (SSSR count). The maximum atomic E-state index is 15.3. The van der Waals surface area contributed by atoms with E-state index < -0.39 is 43.7 Å². The lowest BCUT2D eigenvalue weighted by Crippen LogP contribution is -2.48. The SMILES string of the molecule is CC(C)Cc1sc(N)nc1-c1ccc(P(=O)(NC(Cc2ccccc2)C(=O)OC(C)C)N[C@@H](Cc2ccccc2)C(=O)OC(C)C)o1. The molecule has 2 unspecified atom stereocenters. The van der Waals surface area contributed by atoms with E-state index in [2.05, 4.69) is 29.0 Å². The van der Waals surface area contributed by atoms with Crippen LogP contribution in [0.4, 0.5) is 5.13 Å². The van der Waals surface area contributed by atoms with Gasteiger partial charge in [0.05, 0.1) is 12.2 Å². The summed E-state index contributed by atoms with van der Waals surface area (Å²) < 4.78 is 32.8. The third-order valence-electron chi connectivity index (χ3n) is 6.96. The fourth-order valence-corrected chi connectivity index (χ4v) is 8.15. The first-order chi connectivity index (χ1) is 22.3. The molecule has 0 bridgehead atoms. The number of anilines is 1. The van der Waals surface area contributed by atoms with E-state index in [9.17, 15) is 9.59 Å². The van der Waals surface area contributed by atoms with Crippen LogP contribution >= 0.6 is 18.8 Å². The summed E-state index contributed by atoms with van der Waals surface area (Å²) in [4.78, 5) is 32.5.